The summed E-state index contributed by atoms with van der Waals surface area (Å²) in [6.45, 7) is 0.668. The molecule has 0 aliphatic rings. The van der Waals surface area contributed by atoms with Crippen LogP contribution in [0.2, 0.25) is 0 Å². The molecule has 20 heavy (non-hydrogen) atoms. The quantitative estimate of drug-likeness (QED) is 0.469. The molecule has 108 valence electrons. The maximum absolute atomic E-state index is 11.7. The molecule has 2 heterocycles. The monoisotopic (exact) mass is 282 g/mol. The predicted molar refractivity (Wildman–Crippen MR) is 69.1 cm³/mol. The molecule has 0 aliphatic carbocycles. The molecule has 2 rings (SSSR count). The average Bonchev–Trinajstić information content (AvgIpc) is 2.91. The van der Waals surface area contributed by atoms with E-state index in [-0.39, 0.29) is 24.6 Å². The van der Waals surface area contributed by atoms with Crippen LogP contribution in [-0.4, -0.2) is 43.9 Å². The summed E-state index contributed by atoms with van der Waals surface area (Å²) >= 11 is 0. The number of nitrogens with one attached hydrogen (secondary N) is 3. The van der Waals surface area contributed by atoms with Crippen LogP contribution in [0, 0.1) is 0 Å². The first-order chi connectivity index (χ1) is 9.63. The second-order valence-corrected chi connectivity index (χ2v) is 3.85. The number of aromatic amines is 2. The molecule has 11 nitrogen and oxygen atoms in total. The molecule has 0 spiro atoms. The van der Waals surface area contributed by atoms with E-state index in [2.05, 4.69) is 30.9 Å². The van der Waals surface area contributed by atoms with Crippen molar-refractivity contribution in [2.24, 2.45) is 0 Å². The Morgan fingerprint density at radius 1 is 1.45 bits per heavy atom. The Kier molecular flexibility index (Phi) is 4.10. The number of tetrazole rings is 1. The van der Waals surface area contributed by atoms with Gasteiger partial charge in [0.25, 0.3) is 5.56 Å². The minimum Gasteiger partial charge on any atom is -0.383 e. The molecule has 0 amide bonds. The molecule has 0 unspecified atom stereocenters. The lowest BCUT2D eigenvalue weighted by atomic mass is 10.4. The van der Waals surface area contributed by atoms with E-state index in [1.165, 1.54) is 11.7 Å². The van der Waals surface area contributed by atoms with Gasteiger partial charge in [-0.15, -0.1) is 10.2 Å². The Hall–Kier alpha value is -2.69. The minimum atomic E-state index is -0.607. The molecule has 0 aliphatic heterocycles. The number of nitrogens with zero attached hydrogens (tertiary/aromatic N) is 4. The van der Waals surface area contributed by atoms with Crippen LogP contribution in [0.1, 0.15) is 5.82 Å². The fourth-order valence-corrected chi connectivity index (χ4v) is 1.59. The van der Waals surface area contributed by atoms with Crippen LogP contribution < -0.4 is 22.3 Å². The normalized spacial score (nSPS) is 10.7. The number of H-pyrrole nitrogens is 2. The number of methoxy groups -OCH3 is 1. The summed E-state index contributed by atoms with van der Waals surface area (Å²) in [6, 6.07) is 0. The zero-order valence-electron chi connectivity index (χ0n) is 10.7. The summed E-state index contributed by atoms with van der Waals surface area (Å²) in [6.07, 6.45) is 0. The molecule has 0 atom stereocenters. The number of nitrogens with two attached hydrogens (primary N) is 1. The van der Waals surface area contributed by atoms with Crippen molar-refractivity contribution >= 4 is 11.5 Å². The highest BCUT2D eigenvalue weighted by molar-refractivity contribution is 5.60. The summed E-state index contributed by atoms with van der Waals surface area (Å²) in [4.78, 5) is 25.6. The largest absolute Gasteiger partial charge is 0.383 e. The predicted octanol–water partition coefficient (Wildman–Crippen LogP) is -2.11. The van der Waals surface area contributed by atoms with Crippen LogP contribution in [-0.2, 0) is 17.8 Å². The molecule has 0 radical (unpaired) electrons. The highest BCUT2D eigenvalue weighted by atomic mass is 16.5. The van der Waals surface area contributed by atoms with Gasteiger partial charge in [-0.2, -0.15) is 5.21 Å². The van der Waals surface area contributed by atoms with E-state index in [1.807, 2.05) is 0 Å². The van der Waals surface area contributed by atoms with Crippen molar-refractivity contribution < 1.29 is 4.74 Å². The molecule has 2 aromatic heterocycles. The smallest absolute Gasteiger partial charge is 0.330 e. The van der Waals surface area contributed by atoms with E-state index in [9.17, 15) is 9.59 Å². The lowest BCUT2D eigenvalue weighted by molar-refractivity contribution is 0.186. The maximum atomic E-state index is 11.7. The van der Waals surface area contributed by atoms with Gasteiger partial charge in [0.2, 0.25) is 0 Å². The van der Waals surface area contributed by atoms with Crippen molar-refractivity contribution in [1.29, 1.82) is 0 Å². The summed E-state index contributed by atoms with van der Waals surface area (Å²) in [5.74, 6) is 0.387. The first-order valence-electron chi connectivity index (χ1n) is 5.71. The minimum absolute atomic E-state index is 0.0271. The SMILES string of the molecule is COCCn1c(N)c(NCc2nn[nH]n2)c(=O)[nH]c1=O. The van der Waals surface area contributed by atoms with Crippen molar-refractivity contribution in [2.45, 2.75) is 13.1 Å². The molecule has 0 fully saturated rings. The summed E-state index contributed by atoms with van der Waals surface area (Å²) in [7, 11) is 1.50. The standard InChI is InChI=1S/C9H14N8O3/c1-20-3-2-17-7(10)6(8(18)12-9(17)19)11-4-5-13-15-16-14-5/h11H,2-4,10H2,1H3,(H,12,18,19)(H,13,14,15,16). The van der Waals surface area contributed by atoms with E-state index in [4.69, 9.17) is 10.5 Å². The van der Waals surface area contributed by atoms with Crippen LogP contribution in [0.15, 0.2) is 9.59 Å². The van der Waals surface area contributed by atoms with Gasteiger partial charge >= 0.3 is 5.69 Å². The number of nitrogen functional groups attached to an aromatic ring is 1. The summed E-state index contributed by atoms with van der Waals surface area (Å²) in [5.41, 5.74) is 4.71. The van der Waals surface area contributed by atoms with Crippen LogP contribution in [0.4, 0.5) is 11.5 Å². The van der Waals surface area contributed by atoms with E-state index >= 15 is 0 Å². The molecule has 0 saturated heterocycles. The van der Waals surface area contributed by atoms with Crippen molar-refractivity contribution in [3.05, 3.63) is 26.7 Å². The van der Waals surface area contributed by atoms with Gasteiger partial charge < -0.3 is 15.8 Å². The van der Waals surface area contributed by atoms with Gasteiger partial charge in [-0.25, -0.2) is 4.79 Å². The number of anilines is 2. The number of hydrogen-bond acceptors (Lipinski definition) is 8. The van der Waals surface area contributed by atoms with Gasteiger partial charge in [0.05, 0.1) is 19.7 Å². The van der Waals surface area contributed by atoms with Crippen molar-refractivity contribution in [3.63, 3.8) is 0 Å². The lowest BCUT2D eigenvalue weighted by Gasteiger charge is -2.12. The van der Waals surface area contributed by atoms with E-state index in [0.717, 1.165) is 0 Å². The number of ether oxygens (including phenoxy) is 1. The zero-order valence-corrected chi connectivity index (χ0v) is 10.7. The van der Waals surface area contributed by atoms with E-state index in [1.54, 1.807) is 0 Å². The van der Waals surface area contributed by atoms with E-state index in [0.29, 0.717) is 12.4 Å². The van der Waals surface area contributed by atoms with Crippen LogP contribution in [0.3, 0.4) is 0 Å². The Morgan fingerprint density at radius 2 is 2.25 bits per heavy atom. The second-order valence-electron chi connectivity index (χ2n) is 3.85. The molecule has 0 saturated carbocycles. The topological polar surface area (TPSA) is 157 Å². The maximum Gasteiger partial charge on any atom is 0.330 e. The first kappa shape index (κ1) is 13.7. The third-order valence-electron chi connectivity index (χ3n) is 2.57. The zero-order chi connectivity index (χ0) is 14.5. The molecular weight excluding hydrogens is 268 g/mol. The van der Waals surface area contributed by atoms with Crippen LogP contribution in [0.5, 0.6) is 0 Å². The molecule has 2 aromatic rings. The van der Waals surface area contributed by atoms with Crippen LogP contribution >= 0.6 is 0 Å². The Balaban J connectivity index is 2.27. The number of hydrogen-bond donors (Lipinski definition) is 4. The number of rotatable bonds is 6. The van der Waals surface area contributed by atoms with Gasteiger partial charge in [0, 0.05) is 7.11 Å². The Bertz CT molecular complexity index is 673. The first-order valence-corrected chi connectivity index (χ1v) is 5.71. The fraction of sp³-hybridized carbons (Fsp3) is 0.444. The third-order valence-corrected chi connectivity index (χ3v) is 2.57. The van der Waals surface area contributed by atoms with Gasteiger partial charge in [-0.3, -0.25) is 14.3 Å². The average molecular weight is 282 g/mol. The Morgan fingerprint density at radius 3 is 2.90 bits per heavy atom. The van der Waals surface area contributed by atoms with Crippen molar-refractivity contribution in [2.75, 3.05) is 24.8 Å². The summed E-state index contributed by atoms with van der Waals surface area (Å²) in [5, 5.41) is 15.9. The van der Waals surface area contributed by atoms with E-state index < -0.39 is 11.2 Å². The highest BCUT2D eigenvalue weighted by Crippen LogP contribution is 2.10. The highest BCUT2D eigenvalue weighted by Gasteiger charge is 2.12. The molecule has 0 bridgehead atoms. The van der Waals surface area contributed by atoms with Gasteiger partial charge in [0.1, 0.15) is 11.5 Å². The Labute approximate surface area is 112 Å². The van der Waals surface area contributed by atoms with Gasteiger partial charge in [-0.05, 0) is 0 Å². The fourth-order valence-electron chi connectivity index (χ4n) is 1.59. The van der Waals surface area contributed by atoms with Crippen LogP contribution in [0.25, 0.3) is 0 Å². The lowest BCUT2D eigenvalue weighted by Crippen LogP contribution is -2.35. The van der Waals surface area contributed by atoms with Crippen molar-refractivity contribution in [1.82, 2.24) is 30.2 Å². The third kappa shape index (κ3) is 2.83. The molecule has 5 N–H and O–H groups in total. The molecule has 11 heteroatoms. The summed E-state index contributed by atoms with van der Waals surface area (Å²) < 4.78 is 6.10. The van der Waals surface area contributed by atoms with Gasteiger partial charge in [-0.1, -0.05) is 5.21 Å². The molecule has 0 aromatic carbocycles. The second kappa shape index (κ2) is 5.97. The molecular formula is C9H14N8O3. The van der Waals surface area contributed by atoms with Crippen molar-refractivity contribution in [3.8, 4) is 0 Å². The number of aromatic nitrogens is 6. The van der Waals surface area contributed by atoms with Gasteiger partial charge in [0.15, 0.2) is 5.82 Å².